The van der Waals surface area contributed by atoms with Crippen molar-refractivity contribution in [3.05, 3.63) is 47.0 Å². The minimum atomic E-state index is -0.383. The van der Waals surface area contributed by atoms with E-state index in [2.05, 4.69) is 20.6 Å². The summed E-state index contributed by atoms with van der Waals surface area (Å²) in [5.41, 5.74) is 0.709. The minimum absolute atomic E-state index is 0.0505. The Morgan fingerprint density at radius 2 is 1.97 bits per heavy atom. The third kappa shape index (κ3) is 4.37. The lowest BCUT2D eigenvalue weighted by Gasteiger charge is -2.36. The van der Waals surface area contributed by atoms with Crippen LogP contribution in [0.15, 0.2) is 30.6 Å². The van der Waals surface area contributed by atoms with Gasteiger partial charge in [0.15, 0.2) is 5.69 Å². The third-order valence-electron chi connectivity index (χ3n) is 6.41. The number of aromatic nitrogens is 2. The van der Waals surface area contributed by atoms with E-state index in [4.69, 9.17) is 11.6 Å². The number of carbonyl (C=O) groups is 3. The van der Waals surface area contributed by atoms with Crippen molar-refractivity contribution >= 4 is 35.0 Å². The molecule has 9 heteroatoms. The summed E-state index contributed by atoms with van der Waals surface area (Å²) in [5.74, 6) is -0.590. The summed E-state index contributed by atoms with van der Waals surface area (Å²) >= 11 is 6.10. The number of nitrogens with zero attached hydrogens (tertiary/aromatic N) is 2. The van der Waals surface area contributed by atoms with Gasteiger partial charge in [0, 0.05) is 29.3 Å². The highest BCUT2D eigenvalue weighted by Gasteiger charge is 2.48. The van der Waals surface area contributed by atoms with E-state index in [-0.39, 0.29) is 46.6 Å². The number of hydrogen-bond acceptors (Lipinski definition) is 4. The molecule has 1 saturated heterocycles. The maximum atomic E-state index is 13.3. The Kier molecular flexibility index (Phi) is 6.24. The molecule has 32 heavy (non-hydrogen) atoms. The number of amides is 3. The van der Waals surface area contributed by atoms with Crippen molar-refractivity contribution in [1.82, 2.24) is 20.6 Å². The normalized spacial score (nSPS) is 23.1. The monoisotopic (exact) mass is 457 g/mol. The minimum Gasteiger partial charge on any atom is -0.348 e. The van der Waals surface area contributed by atoms with E-state index in [1.165, 1.54) is 6.33 Å². The summed E-state index contributed by atoms with van der Waals surface area (Å²) in [7, 11) is 0. The number of anilines is 1. The fourth-order valence-corrected chi connectivity index (χ4v) is 4.90. The summed E-state index contributed by atoms with van der Waals surface area (Å²) in [6.45, 7) is 4.37. The van der Waals surface area contributed by atoms with Gasteiger partial charge in [-0.25, -0.2) is 4.98 Å². The zero-order valence-corrected chi connectivity index (χ0v) is 19.0. The van der Waals surface area contributed by atoms with Gasteiger partial charge in [-0.2, -0.15) is 0 Å². The lowest BCUT2D eigenvalue weighted by Crippen LogP contribution is -2.44. The molecule has 2 aromatic rings. The SMILES string of the molecule is CC(C)NC(=O)c1nc[nH]c1C(=O)N[C@H]1CC[C@@]2(CCN(c3cccc(Cl)c3)C2=O)CC1. The summed E-state index contributed by atoms with van der Waals surface area (Å²) in [4.78, 5) is 46.9. The number of rotatable bonds is 5. The Morgan fingerprint density at radius 1 is 1.22 bits per heavy atom. The van der Waals surface area contributed by atoms with Gasteiger partial charge in [-0.05, 0) is 64.2 Å². The fraction of sp³-hybridized carbons (Fsp3) is 0.478. The maximum absolute atomic E-state index is 13.3. The molecular weight excluding hydrogens is 430 g/mol. The van der Waals surface area contributed by atoms with E-state index in [1.54, 1.807) is 6.07 Å². The van der Waals surface area contributed by atoms with Gasteiger partial charge in [-0.1, -0.05) is 17.7 Å². The number of hydrogen-bond donors (Lipinski definition) is 3. The summed E-state index contributed by atoms with van der Waals surface area (Å²) in [6, 6.07) is 7.28. The molecule has 0 radical (unpaired) electrons. The highest BCUT2D eigenvalue weighted by molar-refractivity contribution is 6.31. The average Bonchev–Trinajstić information content (AvgIpc) is 3.36. The van der Waals surface area contributed by atoms with Crippen LogP contribution in [0, 0.1) is 5.41 Å². The molecule has 2 heterocycles. The van der Waals surface area contributed by atoms with Crippen LogP contribution in [0.2, 0.25) is 5.02 Å². The molecule has 1 saturated carbocycles. The van der Waals surface area contributed by atoms with E-state index in [0.717, 1.165) is 24.9 Å². The highest BCUT2D eigenvalue weighted by Crippen LogP contribution is 2.46. The third-order valence-corrected chi connectivity index (χ3v) is 6.65. The number of halogens is 1. The van der Waals surface area contributed by atoms with Gasteiger partial charge in [-0.3, -0.25) is 14.4 Å². The van der Waals surface area contributed by atoms with Crippen LogP contribution in [-0.4, -0.2) is 46.3 Å². The standard InChI is InChI=1S/C23H28ClN5O3/c1-14(2)27-20(30)18-19(26-13-25-18)21(31)28-16-6-8-23(9-7-16)10-11-29(22(23)32)17-5-3-4-15(24)12-17/h3-5,12-14,16H,6-11H2,1-2H3,(H,25,26)(H,27,30)(H,28,31)/t16-,23-. The smallest absolute Gasteiger partial charge is 0.272 e. The van der Waals surface area contributed by atoms with Crippen molar-refractivity contribution in [2.24, 2.45) is 5.41 Å². The molecule has 3 N–H and O–H groups in total. The van der Waals surface area contributed by atoms with Crippen LogP contribution in [0.4, 0.5) is 5.69 Å². The molecule has 0 unspecified atom stereocenters. The van der Waals surface area contributed by atoms with Crippen LogP contribution in [0.5, 0.6) is 0 Å². The van der Waals surface area contributed by atoms with Crippen molar-refractivity contribution in [3.63, 3.8) is 0 Å². The first-order chi connectivity index (χ1) is 15.3. The van der Waals surface area contributed by atoms with Gasteiger partial charge in [-0.15, -0.1) is 0 Å². The molecule has 2 aliphatic rings. The van der Waals surface area contributed by atoms with Gasteiger partial charge in [0.2, 0.25) is 5.91 Å². The first-order valence-electron chi connectivity index (χ1n) is 11.0. The molecule has 1 spiro atoms. The number of carbonyl (C=O) groups excluding carboxylic acids is 3. The van der Waals surface area contributed by atoms with Crippen LogP contribution >= 0.6 is 11.6 Å². The van der Waals surface area contributed by atoms with E-state index in [9.17, 15) is 14.4 Å². The second kappa shape index (κ2) is 8.94. The molecule has 1 aliphatic heterocycles. The Hall–Kier alpha value is -2.87. The molecule has 0 atom stereocenters. The van der Waals surface area contributed by atoms with Gasteiger partial charge in [0.1, 0.15) is 5.69 Å². The molecule has 1 aliphatic carbocycles. The Bertz CT molecular complexity index is 1030. The van der Waals surface area contributed by atoms with Crippen molar-refractivity contribution in [2.45, 2.75) is 58.0 Å². The molecular formula is C23H28ClN5O3. The zero-order chi connectivity index (χ0) is 22.9. The van der Waals surface area contributed by atoms with Crippen molar-refractivity contribution in [3.8, 4) is 0 Å². The van der Waals surface area contributed by atoms with Gasteiger partial charge in [0.05, 0.1) is 11.7 Å². The molecule has 3 amide bonds. The Balaban J connectivity index is 1.37. The zero-order valence-electron chi connectivity index (χ0n) is 18.3. The first-order valence-corrected chi connectivity index (χ1v) is 11.4. The molecule has 1 aromatic carbocycles. The predicted molar refractivity (Wildman–Crippen MR) is 122 cm³/mol. The Labute approximate surface area is 192 Å². The summed E-state index contributed by atoms with van der Waals surface area (Å²) in [5, 5.41) is 6.37. The molecule has 4 rings (SSSR count). The maximum Gasteiger partial charge on any atom is 0.272 e. The largest absolute Gasteiger partial charge is 0.348 e. The van der Waals surface area contributed by atoms with Crippen LogP contribution in [0.3, 0.4) is 0 Å². The van der Waals surface area contributed by atoms with Crippen molar-refractivity contribution < 1.29 is 14.4 Å². The van der Waals surface area contributed by atoms with Crippen molar-refractivity contribution in [1.29, 1.82) is 0 Å². The van der Waals surface area contributed by atoms with Gasteiger partial charge < -0.3 is 20.5 Å². The van der Waals surface area contributed by atoms with Crippen LogP contribution in [-0.2, 0) is 4.79 Å². The van der Waals surface area contributed by atoms with E-state index >= 15 is 0 Å². The van der Waals surface area contributed by atoms with Crippen molar-refractivity contribution in [2.75, 3.05) is 11.4 Å². The lowest BCUT2D eigenvalue weighted by atomic mass is 9.71. The lowest BCUT2D eigenvalue weighted by molar-refractivity contribution is -0.127. The average molecular weight is 458 g/mol. The fourth-order valence-electron chi connectivity index (χ4n) is 4.72. The van der Waals surface area contributed by atoms with Crippen LogP contribution < -0.4 is 15.5 Å². The topological polar surface area (TPSA) is 107 Å². The first kappa shape index (κ1) is 22.3. The number of imidazole rings is 1. The molecule has 8 nitrogen and oxygen atoms in total. The molecule has 0 bridgehead atoms. The number of nitrogens with one attached hydrogen (secondary N) is 3. The molecule has 1 aromatic heterocycles. The number of benzene rings is 1. The Morgan fingerprint density at radius 3 is 2.66 bits per heavy atom. The quantitative estimate of drug-likeness (QED) is 0.640. The second-order valence-corrected chi connectivity index (χ2v) is 9.41. The number of aromatic amines is 1. The van der Waals surface area contributed by atoms with E-state index in [0.29, 0.717) is 24.4 Å². The van der Waals surface area contributed by atoms with E-state index < -0.39 is 0 Å². The number of H-pyrrole nitrogens is 1. The van der Waals surface area contributed by atoms with Gasteiger partial charge in [0.25, 0.3) is 11.8 Å². The van der Waals surface area contributed by atoms with Crippen LogP contribution in [0.25, 0.3) is 0 Å². The summed E-state index contributed by atoms with van der Waals surface area (Å²) in [6.07, 6.45) is 5.01. The summed E-state index contributed by atoms with van der Waals surface area (Å²) < 4.78 is 0. The van der Waals surface area contributed by atoms with Crippen LogP contribution in [0.1, 0.15) is 66.9 Å². The molecule has 2 fully saturated rings. The van der Waals surface area contributed by atoms with Gasteiger partial charge >= 0.3 is 0 Å². The van der Waals surface area contributed by atoms with E-state index in [1.807, 2.05) is 36.9 Å². The predicted octanol–water partition coefficient (Wildman–Crippen LogP) is 3.30. The highest BCUT2D eigenvalue weighted by atomic mass is 35.5. The second-order valence-electron chi connectivity index (χ2n) is 8.97. The molecule has 170 valence electrons.